The number of benzene rings is 2. The van der Waals surface area contributed by atoms with Crippen molar-refractivity contribution in [2.24, 2.45) is 0 Å². The van der Waals surface area contributed by atoms with Crippen LogP contribution in [0, 0.1) is 0 Å². The molecule has 0 spiro atoms. The summed E-state index contributed by atoms with van der Waals surface area (Å²) in [5, 5.41) is 6.07. The Morgan fingerprint density at radius 2 is 1.92 bits per heavy atom. The summed E-state index contributed by atoms with van der Waals surface area (Å²) in [5.74, 6) is -0.236. The molecule has 2 aromatic carbocycles. The number of amides is 2. The first kappa shape index (κ1) is 19.3. The molecule has 7 heteroatoms. The van der Waals surface area contributed by atoms with Crippen molar-refractivity contribution in [3.05, 3.63) is 63.6 Å². The first-order chi connectivity index (χ1) is 12.0. The lowest BCUT2D eigenvalue weighted by Gasteiger charge is -2.18. The van der Waals surface area contributed by atoms with Gasteiger partial charge in [0.05, 0.1) is 24.1 Å². The summed E-state index contributed by atoms with van der Waals surface area (Å²) in [5.41, 5.74) is 1.44. The Morgan fingerprint density at radius 1 is 1.20 bits per heavy atom. The van der Waals surface area contributed by atoms with Crippen molar-refractivity contribution in [2.45, 2.75) is 19.4 Å². The molecular formula is C18H18BrClN2O3. The molecule has 0 bridgehead atoms. The first-order valence-electron chi connectivity index (χ1n) is 7.72. The number of hydrogen-bond donors (Lipinski definition) is 2. The highest BCUT2D eigenvalue weighted by Crippen LogP contribution is 2.26. The fourth-order valence-electron chi connectivity index (χ4n) is 2.22. The summed E-state index contributed by atoms with van der Waals surface area (Å²) in [6.07, 6.45) is -0.485. The van der Waals surface area contributed by atoms with E-state index in [2.05, 4.69) is 26.6 Å². The smallest absolute Gasteiger partial charge is 0.407 e. The van der Waals surface area contributed by atoms with Crippen LogP contribution in [0.3, 0.4) is 0 Å². The molecule has 0 aliphatic carbocycles. The predicted molar refractivity (Wildman–Crippen MR) is 102 cm³/mol. The molecule has 0 radical (unpaired) electrons. The van der Waals surface area contributed by atoms with E-state index in [0.29, 0.717) is 15.2 Å². The maximum absolute atomic E-state index is 12.4. The van der Waals surface area contributed by atoms with E-state index in [9.17, 15) is 9.59 Å². The molecule has 132 valence electrons. The van der Waals surface area contributed by atoms with Crippen LogP contribution in [0.5, 0.6) is 0 Å². The van der Waals surface area contributed by atoms with Crippen molar-refractivity contribution in [1.29, 1.82) is 0 Å². The molecule has 2 rings (SSSR count). The third-order valence-electron chi connectivity index (χ3n) is 3.36. The van der Waals surface area contributed by atoms with Crippen molar-refractivity contribution >= 4 is 45.2 Å². The first-order valence-corrected chi connectivity index (χ1v) is 8.89. The third kappa shape index (κ3) is 6.07. The summed E-state index contributed by atoms with van der Waals surface area (Å²) in [6, 6.07) is 13.9. The largest absolute Gasteiger partial charge is 0.450 e. The Balaban J connectivity index is 2.08. The minimum Gasteiger partial charge on any atom is -0.450 e. The molecular weight excluding hydrogens is 408 g/mol. The molecule has 0 fully saturated rings. The molecule has 2 amide bonds. The van der Waals surface area contributed by atoms with Gasteiger partial charge in [-0.15, -0.1) is 0 Å². The lowest BCUT2D eigenvalue weighted by molar-refractivity contribution is -0.116. The van der Waals surface area contributed by atoms with Gasteiger partial charge in [0.2, 0.25) is 5.91 Å². The zero-order valence-corrected chi connectivity index (χ0v) is 15.9. The summed E-state index contributed by atoms with van der Waals surface area (Å²) in [4.78, 5) is 24.1. The second-order valence-electron chi connectivity index (χ2n) is 5.21. The van der Waals surface area contributed by atoms with E-state index >= 15 is 0 Å². The zero-order chi connectivity index (χ0) is 18.2. The van der Waals surface area contributed by atoms with Crippen LogP contribution in [0.25, 0.3) is 0 Å². The monoisotopic (exact) mass is 424 g/mol. The molecule has 0 aliphatic rings. The molecule has 25 heavy (non-hydrogen) atoms. The molecule has 0 saturated carbocycles. The number of anilines is 1. The van der Waals surface area contributed by atoms with E-state index in [4.69, 9.17) is 16.3 Å². The highest BCUT2D eigenvalue weighted by atomic mass is 79.9. The van der Waals surface area contributed by atoms with Crippen molar-refractivity contribution in [3.8, 4) is 0 Å². The number of alkyl carbamates (subject to hydrolysis) is 1. The quantitative estimate of drug-likeness (QED) is 0.690. The highest BCUT2D eigenvalue weighted by Gasteiger charge is 2.19. The van der Waals surface area contributed by atoms with Crippen LogP contribution in [0.15, 0.2) is 53.0 Å². The maximum Gasteiger partial charge on any atom is 0.407 e. The molecule has 0 saturated heterocycles. The maximum atomic E-state index is 12.4. The number of halogens is 2. The summed E-state index contributed by atoms with van der Waals surface area (Å²) in [6.45, 7) is 1.99. The van der Waals surface area contributed by atoms with Gasteiger partial charge in [-0.05, 0) is 46.6 Å². The van der Waals surface area contributed by atoms with E-state index in [-0.39, 0.29) is 18.9 Å². The van der Waals surface area contributed by atoms with Crippen LogP contribution in [0.1, 0.15) is 24.9 Å². The van der Waals surface area contributed by atoms with Crippen LogP contribution in [0.2, 0.25) is 5.02 Å². The minimum absolute atomic E-state index is 0.0725. The van der Waals surface area contributed by atoms with E-state index < -0.39 is 12.1 Å². The number of ether oxygens (including phenoxy) is 1. The van der Waals surface area contributed by atoms with Gasteiger partial charge in [-0.3, -0.25) is 4.79 Å². The van der Waals surface area contributed by atoms with Gasteiger partial charge in [-0.1, -0.05) is 41.9 Å². The number of carbonyl (C=O) groups excluding carboxylic acids is 2. The average Bonchev–Trinajstić information content (AvgIpc) is 2.58. The Hall–Kier alpha value is -2.05. The van der Waals surface area contributed by atoms with Crippen LogP contribution >= 0.6 is 27.5 Å². The second-order valence-corrected chi connectivity index (χ2v) is 6.47. The van der Waals surface area contributed by atoms with Crippen molar-refractivity contribution < 1.29 is 14.3 Å². The standard InChI is InChI=1S/C18H18BrClN2O3/c1-2-25-18(24)22-16(12-6-4-3-5-7-12)11-17(23)21-13-8-9-15(20)14(19)10-13/h3-10,16H,2,11H2,1H3,(H,21,23)(H,22,24)/t16-/m0/s1. The lowest BCUT2D eigenvalue weighted by Crippen LogP contribution is -2.32. The Bertz CT molecular complexity index is 740. The summed E-state index contributed by atoms with van der Waals surface area (Å²) < 4.78 is 5.61. The van der Waals surface area contributed by atoms with E-state index in [1.165, 1.54) is 0 Å². The summed E-state index contributed by atoms with van der Waals surface area (Å²) >= 11 is 9.26. The normalized spacial score (nSPS) is 11.5. The predicted octanol–water partition coefficient (Wildman–Crippen LogP) is 4.92. The number of hydrogen-bond acceptors (Lipinski definition) is 3. The van der Waals surface area contributed by atoms with Crippen LogP contribution in [0.4, 0.5) is 10.5 Å². The molecule has 0 unspecified atom stereocenters. The van der Waals surface area contributed by atoms with E-state index in [0.717, 1.165) is 5.56 Å². The van der Waals surface area contributed by atoms with Gasteiger partial charge in [-0.25, -0.2) is 4.79 Å². The van der Waals surface area contributed by atoms with Crippen molar-refractivity contribution in [3.63, 3.8) is 0 Å². The van der Waals surface area contributed by atoms with Gasteiger partial charge in [0, 0.05) is 10.2 Å². The molecule has 2 N–H and O–H groups in total. The molecule has 0 aromatic heterocycles. The fraction of sp³-hybridized carbons (Fsp3) is 0.222. The molecule has 5 nitrogen and oxygen atoms in total. The topological polar surface area (TPSA) is 67.4 Å². The second kappa shape index (κ2) is 9.44. The van der Waals surface area contributed by atoms with Gasteiger partial charge < -0.3 is 15.4 Å². The molecule has 0 aliphatic heterocycles. The van der Waals surface area contributed by atoms with E-state index in [1.807, 2.05) is 30.3 Å². The zero-order valence-electron chi connectivity index (χ0n) is 13.6. The Kier molecular flexibility index (Phi) is 7.28. The molecule has 2 aromatic rings. The van der Waals surface area contributed by atoms with Gasteiger partial charge in [0.25, 0.3) is 0 Å². The molecule has 1 atom stereocenters. The number of nitrogens with one attached hydrogen (secondary N) is 2. The lowest BCUT2D eigenvalue weighted by atomic mass is 10.0. The van der Waals surface area contributed by atoms with Gasteiger partial charge in [-0.2, -0.15) is 0 Å². The van der Waals surface area contributed by atoms with Crippen LogP contribution in [-0.2, 0) is 9.53 Å². The van der Waals surface area contributed by atoms with E-state index in [1.54, 1.807) is 25.1 Å². The Morgan fingerprint density at radius 3 is 2.56 bits per heavy atom. The molecule has 0 heterocycles. The minimum atomic E-state index is -0.557. The van der Waals surface area contributed by atoms with Gasteiger partial charge >= 0.3 is 6.09 Å². The SMILES string of the molecule is CCOC(=O)N[C@@H](CC(=O)Nc1ccc(Cl)c(Br)c1)c1ccccc1. The summed E-state index contributed by atoms with van der Waals surface area (Å²) in [7, 11) is 0. The average molecular weight is 426 g/mol. The number of rotatable bonds is 6. The van der Waals surface area contributed by atoms with Gasteiger partial charge in [0.15, 0.2) is 0 Å². The van der Waals surface area contributed by atoms with Crippen LogP contribution in [-0.4, -0.2) is 18.6 Å². The third-order valence-corrected chi connectivity index (χ3v) is 4.58. The Labute approximate surface area is 159 Å². The van der Waals surface area contributed by atoms with Crippen LogP contribution < -0.4 is 10.6 Å². The van der Waals surface area contributed by atoms with Crippen molar-refractivity contribution in [2.75, 3.05) is 11.9 Å². The van der Waals surface area contributed by atoms with Gasteiger partial charge in [0.1, 0.15) is 0 Å². The number of carbonyl (C=O) groups is 2. The van der Waals surface area contributed by atoms with Crippen molar-refractivity contribution in [1.82, 2.24) is 5.32 Å². The fourth-order valence-corrected chi connectivity index (χ4v) is 2.72. The highest BCUT2D eigenvalue weighted by molar-refractivity contribution is 9.10.